The quantitative estimate of drug-likeness (QED) is 0.686. The third-order valence-corrected chi connectivity index (χ3v) is 3.17. The molecule has 0 aliphatic rings. The molecule has 2 heterocycles. The van der Waals surface area contributed by atoms with Gasteiger partial charge in [0, 0.05) is 11.6 Å². The van der Waals surface area contributed by atoms with E-state index in [4.69, 9.17) is 4.98 Å². The molecule has 2 nitrogen and oxygen atoms in total. The summed E-state index contributed by atoms with van der Waals surface area (Å²) in [5.74, 6) is 0. The maximum Gasteiger partial charge on any atom is 0.137 e. The zero-order valence-electron chi connectivity index (χ0n) is 9.61. The summed E-state index contributed by atoms with van der Waals surface area (Å²) in [6, 6.07) is 6.12. The first-order chi connectivity index (χ1) is 7.04. The van der Waals surface area contributed by atoms with Crippen LogP contribution >= 0.6 is 11.8 Å². The molecule has 0 atom stereocenters. The predicted molar refractivity (Wildman–Crippen MR) is 65.7 cm³/mol. The first-order valence-corrected chi connectivity index (χ1v) is 6.28. The van der Waals surface area contributed by atoms with Gasteiger partial charge in [-0.25, -0.2) is 4.98 Å². The van der Waals surface area contributed by atoms with Crippen molar-refractivity contribution in [3.05, 3.63) is 30.1 Å². The molecule has 2 rings (SSSR count). The number of aromatic nitrogens is 2. The van der Waals surface area contributed by atoms with Gasteiger partial charge < -0.3 is 0 Å². The Labute approximate surface area is 94.7 Å². The van der Waals surface area contributed by atoms with Crippen LogP contribution in [0.1, 0.15) is 26.5 Å². The summed E-state index contributed by atoms with van der Waals surface area (Å²) in [6.07, 6.45) is 4.18. The van der Waals surface area contributed by atoms with Crippen LogP contribution < -0.4 is 0 Å². The van der Waals surface area contributed by atoms with Crippen LogP contribution in [0.25, 0.3) is 5.65 Å². The second-order valence-corrected chi connectivity index (χ2v) is 5.44. The molecule has 0 bridgehead atoms. The smallest absolute Gasteiger partial charge is 0.137 e. The van der Waals surface area contributed by atoms with Gasteiger partial charge in [0.25, 0.3) is 0 Å². The molecule has 3 heteroatoms. The molecule has 2 aromatic rings. The number of thioether (sulfide) groups is 1. The minimum atomic E-state index is 0.102. The maximum atomic E-state index is 4.70. The van der Waals surface area contributed by atoms with Crippen molar-refractivity contribution in [3.8, 4) is 0 Å². The van der Waals surface area contributed by atoms with Gasteiger partial charge in [-0.3, -0.25) is 4.40 Å². The van der Waals surface area contributed by atoms with E-state index in [1.165, 1.54) is 10.7 Å². The summed E-state index contributed by atoms with van der Waals surface area (Å²) in [5.41, 5.74) is 2.32. The Hall–Kier alpha value is -0.960. The van der Waals surface area contributed by atoms with E-state index in [9.17, 15) is 0 Å². The number of imidazole rings is 1. The molecule has 2 aromatic heterocycles. The first kappa shape index (κ1) is 10.6. The Morgan fingerprint density at radius 1 is 1.27 bits per heavy atom. The number of hydrogen-bond acceptors (Lipinski definition) is 2. The lowest BCUT2D eigenvalue weighted by molar-refractivity contribution is 0.558. The van der Waals surface area contributed by atoms with E-state index in [1.807, 2.05) is 12.1 Å². The standard InChI is InChI=1S/C12H16N2S/c1-12(2,3)10-11(15-4)14-8-6-5-7-9(14)13-10/h5-8H,1-4H3. The van der Waals surface area contributed by atoms with Crippen molar-refractivity contribution in [2.24, 2.45) is 0 Å². The molecule has 0 aromatic carbocycles. The topological polar surface area (TPSA) is 17.3 Å². The highest BCUT2D eigenvalue weighted by atomic mass is 32.2. The van der Waals surface area contributed by atoms with E-state index in [0.29, 0.717) is 0 Å². The molecular weight excluding hydrogens is 204 g/mol. The largest absolute Gasteiger partial charge is 0.294 e. The second kappa shape index (κ2) is 3.56. The Bertz CT molecular complexity index is 480. The molecule has 0 N–H and O–H groups in total. The fourth-order valence-corrected chi connectivity index (χ4v) is 2.55. The van der Waals surface area contributed by atoms with Crippen LogP contribution in [0.4, 0.5) is 0 Å². The lowest BCUT2D eigenvalue weighted by atomic mass is 9.93. The van der Waals surface area contributed by atoms with Crippen LogP contribution in [-0.2, 0) is 5.41 Å². The molecule has 0 aliphatic heterocycles. The molecule has 0 fully saturated rings. The number of hydrogen-bond donors (Lipinski definition) is 0. The normalized spacial score (nSPS) is 12.3. The summed E-state index contributed by atoms with van der Waals surface area (Å²) < 4.78 is 2.16. The van der Waals surface area contributed by atoms with Gasteiger partial charge in [0.1, 0.15) is 10.7 Å². The van der Waals surface area contributed by atoms with Crippen LogP contribution in [0.3, 0.4) is 0 Å². The summed E-state index contributed by atoms with van der Waals surface area (Å²) in [5, 5.41) is 1.25. The molecule has 0 spiro atoms. The summed E-state index contributed by atoms with van der Waals surface area (Å²) in [6.45, 7) is 6.61. The summed E-state index contributed by atoms with van der Waals surface area (Å²) >= 11 is 1.76. The van der Waals surface area contributed by atoms with Gasteiger partial charge in [0.2, 0.25) is 0 Å². The summed E-state index contributed by atoms with van der Waals surface area (Å²) in [4.78, 5) is 4.70. The molecular formula is C12H16N2S. The fraction of sp³-hybridized carbons (Fsp3) is 0.417. The van der Waals surface area contributed by atoms with Crippen molar-refractivity contribution in [2.75, 3.05) is 6.26 Å². The van der Waals surface area contributed by atoms with E-state index in [0.717, 1.165) is 5.65 Å². The monoisotopic (exact) mass is 220 g/mol. The van der Waals surface area contributed by atoms with Gasteiger partial charge in [-0.05, 0) is 18.4 Å². The molecule has 0 unspecified atom stereocenters. The maximum absolute atomic E-state index is 4.70. The lowest BCUT2D eigenvalue weighted by Crippen LogP contribution is -2.12. The Kier molecular flexibility index (Phi) is 2.51. The van der Waals surface area contributed by atoms with Gasteiger partial charge in [-0.15, -0.1) is 11.8 Å². The molecule has 0 saturated heterocycles. The van der Waals surface area contributed by atoms with Crippen LogP contribution in [-0.4, -0.2) is 15.6 Å². The van der Waals surface area contributed by atoms with Crippen LogP contribution in [0.5, 0.6) is 0 Å². The van der Waals surface area contributed by atoms with Gasteiger partial charge in [0.05, 0.1) is 5.69 Å². The highest BCUT2D eigenvalue weighted by Gasteiger charge is 2.22. The number of fused-ring (bicyclic) bond motifs is 1. The molecule has 0 aliphatic carbocycles. The van der Waals surface area contributed by atoms with E-state index in [-0.39, 0.29) is 5.41 Å². The molecule has 0 saturated carbocycles. The van der Waals surface area contributed by atoms with Crippen LogP contribution in [0.2, 0.25) is 0 Å². The van der Waals surface area contributed by atoms with Crippen LogP contribution in [0, 0.1) is 0 Å². The van der Waals surface area contributed by atoms with Crippen molar-refractivity contribution in [3.63, 3.8) is 0 Å². The molecule has 0 radical (unpaired) electrons. The average molecular weight is 220 g/mol. The van der Waals surface area contributed by atoms with Crippen molar-refractivity contribution in [1.29, 1.82) is 0 Å². The minimum Gasteiger partial charge on any atom is -0.294 e. The first-order valence-electron chi connectivity index (χ1n) is 5.05. The Morgan fingerprint density at radius 3 is 2.60 bits per heavy atom. The Morgan fingerprint density at radius 2 is 2.00 bits per heavy atom. The Balaban J connectivity index is 2.75. The van der Waals surface area contributed by atoms with Crippen molar-refractivity contribution >= 4 is 17.4 Å². The summed E-state index contributed by atoms with van der Waals surface area (Å²) in [7, 11) is 0. The number of nitrogens with zero attached hydrogens (tertiary/aromatic N) is 2. The van der Waals surface area contributed by atoms with Gasteiger partial charge >= 0.3 is 0 Å². The third-order valence-electron chi connectivity index (χ3n) is 2.39. The van der Waals surface area contributed by atoms with Crippen molar-refractivity contribution < 1.29 is 0 Å². The number of rotatable bonds is 1. The molecule has 0 amide bonds. The van der Waals surface area contributed by atoms with Crippen molar-refractivity contribution in [1.82, 2.24) is 9.38 Å². The highest BCUT2D eigenvalue weighted by Crippen LogP contribution is 2.31. The fourth-order valence-electron chi connectivity index (χ4n) is 1.66. The zero-order chi connectivity index (χ0) is 11.1. The molecule has 15 heavy (non-hydrogen) atoms. The molecule has 80 valence electrons. The van der Waals surface area contributed by atoms with E-state index in [2.05, 4.69) is 43.7 Å². The second-order valence-electron chi connectivity index (χ2n) is 4.65. The average Bonchev–Trinajstić information content (AvgIpc) is 2.55. The number of pyridine rings is 1. The zero-order valence-corrected chi connectivity index (χ0v) is 10.4. The van der Waals surface area contributed by atoms with Gasteiger partial charge in [0.15, 0.2) is 0 Å². The van der Waals surface area contributed by atoms with Crippen molar-refractivity contribution in [2.45, 2.75) is 31.2 Å². The SMILES string of the molecule is CSc1c(C(C)(C)C)nc2ccccn12. The van der Waals surface area contributed by atoms with Gasteiger partial charge in [-0.1, -0.05) is 26.8 Å². The predicted octanol–water partition coefficient (Wildman–Crippen LogP) is 3.35. The van der Waals surface area contributed by atoms with Gasteiger partial charge in [-0.2, -0.15) is 0 Å². The minimum absolute atomic E-state index is 0.102. The third kappa shape index (κ3) is 1.76. The highest BCUT2D eigenvalue weighted by molar-refractivity contribution is 7.98. The van der Waals surface area contributed by atoms with E-state index in [1.54, 1.807) is 11.8 Å². The van der Waals surface area contributed by atoms with E-state index >= 15 is 0 Å². The van der Waals surface area contributed by atoms with Crippen LogP contribution in [0.15, 0.2) is 29.4 Å². The lowest BCUT2D eigenvalue weighted by Gasteiger charge is -2.16. The van der Waals surface area contributed by atoms with E-state index < -0.39 is 0 Å².